The minimum absolute atomic E-state index is 0.111. The van der Waals surface area contributed by atoms with Gasteiger partial charge in [0.25, 0.3) is 0 Å². The third kappa shape index (κ3) is 3.37. The maximum atomic E-state index is 8.86. The first kappa shape index (κ1) is 12.8. The van der Waals surface area contributed by atoms with Crippen LogP contribution in [0, 0.1) is 18.3 Å². The third-order valence-corrected chi connectivity index (χ3v) is 2.84. The highest BCUT2D eigenvalue weighted by Gasteiger charge is 2.12. The van der Waals surface area contributed by atoms with Gasteiger partial charge in [-0.1, -0.05) is 26.2 Å². The Morgan fingerprint density at radius 3 is 2.75 bits per heavy atom. The lowest BCUT2D eigenvalue weighted by Gasteiger charge is -1.97. The average Bonchev–Trinajstić information content (AvgIpc) is 2.65. The first-order valence-electron chi connectivity index (χ1n) is 6.14. The van der Waals surface area contributed by atoms with E-state index in [0.29, 0.717) is 0 Å². The van der Waals surface area contributed by atoms with Gasteiger partial charge >= 0.3 is 0 Å². The number of aromatic amines is 1. The number of imidazole rings is 1. The standard InChI is InChI=1S/C13H21N3/c1-4-5-6-7-8-12-15-11(3)13(16-12)10(2)9-14/h10H,4-8H2,1-3H3,(H,15,16). The molecule has 0 saturated heterocycles. The van der Waals surface area contributed by atoms with E-state index in [2.05, 4.69) is 23.0 Å². The number of hydrogen-bond acceptors (Lipinski definition) is 2. The first-order valence-corrected chi connectivity index (χ1v) is 6.14. The van der Waals surface area contributed by atoms with E-state index in [-0.39, 0.29) is 5.92 Å². The maximum absolute atomic E-state index is 8.86. The molecule has 0 radical (unpaired) electrons. The predicted molar refractivity (Wildman–Crippen MR) is 65.2 cm³/mol. The molecule has 1 rings (SSSR count). The Bertz CT molecular complexity index is 360. The zero-order valence-electron chi connectivity index (χ0n) is 10.5. The van der Waals surface area contributed by atoms with Crippen LogP contribution in [0.2, 0.25) is 0 Å². The zero-order valence-corrected chi connectivity index (χ0v) is 10.5. The van der Waals surface area contributed by atoms with Crippen molar-refractivity contribution >= 4 is 0 Å². The Morgan fingerprint density at radius 1 is 1.38 bits per heavy atom. The molecule has 88 valence electrons. The lowest BCUT2D eigenvalue weighted by atomic mass is 10.1. The van der Waals surface area contributed by atoms with Gasteiger partial charge in [-0.25, -0.2) is 4.98 Å². The highest BCUT2D eigenvalue weighted by Crippen LogP contribution is 2.17. The molecule has 1 aromatic rings. The van der Waals surface area contributed by atoms with Crippen molar-refractivity contribution in [3.63, 3.8) is 0 Å². The summed E-state index contributed by atoms with van der Waals surface area (Å²) in [5, 5.41) is 8.86. The minimum Gasteiger partial charge on any atom is -0.346 e. The van der Waals surface area contributed by atoms with Gasteiger partial charge in [0.1, 0.15) is 5.82 Å². The number of H-pyrrole nitrogens is 1. The van der Waals surface area contributed by atoms with Gasteiger partial charge < -0.3 is 4.98 Å². The molecule has 1 aromatic heterocycles. The van der Waals surface area contributed by atoms with Gasteiger partial charge in [0.15, 0.2) is 0 Å². The van der Waals surface area contributed by atoms with Crippen molar-refractivity contribution in [3.05, 3.63) is 17.2 Å². The summed E-state index contributed by atoms with van der Waals surface area (Å²) in [6, 6.07) is 2.23. The molecule has 0 fully saturated rings. The van der Waals surface area contributed by atoms with Crippen LogP contribution >= 0.6 is 0 Å². The Kier molecular flexibility index (Phi) is 5.04. The lowest BCUT2D eigenvalue weighted by molar-refractivity contribution is 0.654. The summed E-state index contributed by atoms with van der Waals surface area (Å²) < 4.78 is 0. The summed E-state index contributed by atoms with van der Waals surface area (Å²) >= 11 is 0. The van der Waals surface area contributed by atoms with E-state index in [9.17, 15) is 0 Å². The molecule has 0 aliphatic rings. The summed E-state index contributed by atoms with van der Waals surface area (Å²) in [6.45, 7) is 6.10. The highest BCUT2D eigenvalue weighted by molar-refractivity contribution is 5.22. The van der Waals surface area contributed by atoms with Crippen molar-refractivity contribution < 1.29 is 0 Å². The number of nitrogens with one attached hydrogen (secondary N) is 1. The Morgan fingerprint density at radius 2 is 2.12 bits per heavy atom. The zero-order chi connectivity index (χ0) is 12.0. The van der Waals surface area contributed by atoms with E-state index in [0.717, 1.165) is 23.6 Å². The highest BCUT2D eigenvalue weighted by atomic mass is 14.9. The van der Waals surface area contributed by atoms with Gasteiger partial charge in [-0.2, -0.15) is 5.26 Å². The largest absolute Gasteiger partial charge is 0.346 e. The molecule has 16 heavy (non-hydrogen) atoms. The molecule has 3 nitrogen and oxygen atoms in total. The van der Waals surface area contributed by atoms with E-state index >= 15 is 0 Å². The molecule has 0 aliphatic heterocycles. The van der Waals surface area contributed by atoms with Crippen LogP contribution in [-0.2, 0) is 6.42 Å². The minimum atomic E-state index is -0.111. The molecular formula is C13H21N3. The molecule has 1 atom stereocenters. The average molecular weight is 219 g/mol. The Balaban J connectivity index is 2.53. The third-order valence-electron chi connectivity index (χ3n) is 2.84. The molecule has 1 N–H and O–H groups in total. The van der Waals surface area contributed by atoms with Crippen LogP contribution in [0.1, 0.15) is 62.7 Å². The van der Waals surface area contributed by atoms with Crippen molar-refractivity contribution in [2.45, 2.75) is 58.8 Å². The van der Waals surface area contributed by atoms with Crippen molar-refractivity contribution in [2.75, 3.05) is 0 Å². The quantitative estimate of drug-likeness (QED) is 0.745. The van der Waals surface area contributed by atoms with Crippen LogP contribution in [0.15, 0.2) is 0 Å². The van der Waals surface area contributed by atoms with Gasteiger partial charge in [-0.05, 0) is 20.3 Å². The van der Waals surface area contributed by atoms with Crippen LogP contribution in [0.4, 0.5) is 0 Å². The Hall–Kier alpha value is -1.30. The normalized spacial score (nSPS) is 12.4. The number of nitrogens with zero attached hydrogens (tertiary/aromatic N) is 2. The second-order valence-electron chi connectivity index (χ2n) is 4.36. The molecule has 0 spiro atoms. The summed E-state index contributed by atoms with van der Waals surface area (Å²) in [5.41, 5.74) is 1.95. The van der Waals surface area contributed by atoms with Crippen molar-refractivity contribution in [3.8, 4) is 6.07 Å². The number of hydrogen-bond donors (Lipinski definition) is 1. The van der Waals surface area contributed by atoms with E-state index in [1.54, 1.807) is 0 Å². The summed E-state index contributed by atoms with van der Waals surface area (Å²) in [6.07, 6.45) is 5.99. The number of aryl methyl sites for hydroxylation is 2. The van der Waals surface area contributed by atoms with Crippen molar-refractivity contribution in [2.24, 2.45) is 0 Å². The first-order chi connectivity index (χ1) is 7.69. The fourth-order valence-corrected chi connectivity index (χ4v) is 1.86. The number of nitriles is 1. The topological polar surface area (TPSA) is 52.5 Å². The molecule has 0 saturated carbocycles. The molecule has 3 heteroatoms. The van der Waals surface area contributed by atoms with Crippen LogP contribution in [0.5, 0.6) is 0 Å². The van der Waals surface area contributed by atoms with Crippen LogP contribution < -0.4 is 0 Å². The smallest absolute Gasteiger partial charge is 0.106 e. The predicted octanol–water partition coefficient (Wildman–Crippen LogP) is 3.47. The summed E-state index contributed by atoms with van der Waals surface area (Å²) in [5.74, 6) is 0.923. The second kappa shape index (κ2) is 6.32. The second-order valence-corrected chi connectivity index (χ2v) is 4.36. The van der Waals surface area contributed by atoms with Crippen molar-refractivity contribution in [1.29, 1.82) is 5.26 Å². The molecule has 0 aliphatic carbocycles. The summed E-state index contributed by atoms with van der Waals surface area (Å²) in [4.78, 5) is 7.77. The molecule has 1 heterocycles. The van der Waals surface area contributed by atoms with Gasteiger partial charge in [0.2, 0.25) is 0 Å². The van der Waals surface area contributed by atoms with E-state index in [4.69, 9.17) is 5.26 Å². The number of aromatic nitrogens is 2. The fourth-order valence-electron chi connectivity index (χ4n) is 1.86. The van der Waals surface area contributed by atoms with E-state index in [1.165, 1.54) is 25.7 Å². The Labute approximate surface area is 97.9 Å². The molecular weight excluding hydrogens is 198 g/mol. The summed E-state index contributed by atoms with van der Waals surface area (Å²) in [7, 11) is 0. The van der Waals surface area contributed by atoms with Crippen molar-refractivity contribution in [1.82, 2.24) is 9.97 Å². The van der Waals surface area contributed by atoms with Crippen LogP contribution in [-0.4, -0.2) is 9.97 Å². The molecule has 0 bridgehead atoms. The van der Waals surface area contributed by atoms with Gasteiger partial charge in [-0.3, -0.25) is 0 Å². The van der Waals surface area contributed by atoms with Gasteiger partial charge in [0.05, 0.1) is 17.7 Å². The molecule has 1 unspecified atom stereocenters. The number of rotatable bonds is 6. The van der Waals surface area contributed by atoms with Gasteiger partial charge in [-0.15, -0.1) is 0 Å². The monoisotopic (exact) mass is 219 g/mol. The molecule has 0 aromatic carbocycles. The van der Waals surface area contributed by atoms with E-state index < -0.39 is 0 Å². The maximum Gasteiger partial charge on any atom is 0.106 e. The molecule has 0 amide bonds. The van der Waals surface area contributed by atoms with E-state index in [1.807, 2.05) is 13.8 Å². The fraction of sp³-hybridized carbons (Fsp3) is 0.692. The van der Waals surface area contributed by atoms with Gasteiger partial charge in [0, 0.05) is 12.1 Å². The number of unbranched alkanes of at least 4 members (excludes halogenated alkanes) is 3. The SMILES string of the molecule is CCCCCCc1nc(C(C)C#N)c(C)[nH]1. The van der Waals surface area contributed by atoms with Crippen LogP contribution in [0.3, 0.4) is 0 Å². The van der Waals surface area contributed by atoms with Crippen LogP contribution in [0.25, 0.3) is 0 Å². The lowest BCUT2D eigenvalue weighted by Crippen LogP contribution is -1.93.